The number of benzene rings is 2. The number of hydrogen-bond acceptors (Lipinski definition) is 5. The molecule has 1 aliphatic carbocycles. The standard InChI is InChI=1S/C22H21ClN4O3S/c1-27-20-16(25-21(29)13-6-4-3-5-7-13)11-17(20)26-22(27)31-12-19(28)24-15-10-14(23)8-9-18(15)30-2/h3-10,16H,11-12H2,1-2H3,(H,24,28)(H,25,29). The van der Waals surface area contributed by atoms with Gasteiger partial charge < -0.3 is 19.9 Å². The van der Waals surface area contributed by atoms with Crippen LogP contribution in [0.3, 0.4) is 0 Å². The predicted molar refractivity (Wildman–Crippen MR) is 121 cm³/mol. The van der Waals surface area contributed by atoms with E-state index >= 15 is 0 Å². The van der Waals surface area contributed by atoms with E-state index in [2.05, 4.69) is 15.6 Å². The topological polar surface area (TPSA) is 85.2 Å². The third-order valence-electron chi connectivity index (χ3n) is 5.01. The van der Waals surface area contributed by atoms with Gasteiger partial charge in [0.05, 0.1) is 36.0 Å². The van der Waals surface area contributed by atoms with Gasteiger partial charge in [-0.15, -0.1) is 0 Å². The molecule has 0 saturated heterocycles. The average Bonchev–Trinajstić information content (AvgIpc) is 3.00. The van der Waals surface area contributed by atoms with Gasteiger partial charge in [-0.3, -0.25) is 9.59 Å². The van der Waals surface area contributed by atoms with E-state index < -0.39 is 0 Å². The molecule has 2 N–H and O–H groups in total. The molecule has 1 atom stereocenters. The van der Waals surface area contributed by atoms with Crippen LogP contribution in [0.4, 0.5) is 5.69 Å². The summed E-state index contributed by atoms with van der Waals surface area (Å²) in [7, 11) is 3.43. The number of imidazole rings is 1. The number of ether oxygens (including phenoxy) is 1. The number of amides is 2. The largest absolute Gasteiger partial charge is 0.495 e. The molecule has 1 aliphatic rings. The molecule has 2 amide bonds. The van der Waals surface area contributed by atoms with Crippen LogP contribution in [0, 0.1) is 0 Å². The number of nitrogens with zero attached hydrogens (tertiary/aromatic N) is 2. The highest BCUT2D eigenvalue weighted by molar-refractivity contribution is 7.99. The van der Waals surface area contributed by atoms with Crippen LogP contribution in [-0.2, 0) is 18.3 Å². The van der Waals surface area contributed by atoms with Crippen molar-refractivity contribution >= 4 is 40.9 Å². The van der Waals surface area contributed by atoms with Crippen molar-refractivity contribution in [3.8, 4) is 5.75 Å². The lowest BCUT2D eigenvalue weighted by molar-refractivity contribution is -0.113. The monoisotopic (exact) mass is 456 g/mol. The number of hydrogen-bond donors (Lipinski definition) is 2. The van der Waals surface area contributed by atoms with Crippen LogP contribution in [0.2, 0.25) is 5.02 Å². The van der Waals surface area contributed by atoms with E-state index in [1.165, 1.54) is 18.9 Å². The summed E-state index contributed by atoms with van der Waals surface area (Å²) in [4.78, 5) is 29.5. The number of fused-ring (bicyclic) bond motifs is 1. The zero-order valence-corrected chi connectivity index (χ0v) is 18.6. The molecule has 160 valence electrons. The van der Waals surface area contributed by atoms with Gasteiger partial charge >= 0.3 is 0 Å². The van der Waals surface area contributed by atoms with E-state index in [-0.39, 0.29) is 23.6 Å². The van der Waals surface area contributed by atoms with E-state index in [1.807, 2.05) is 29.8 Å². The van der Waals surface area contributed by atoms with Gasteiger partial charge in [0, 0.05) is 24.1 Å². The van der Waals surface area contributed by atoms with Crippen molar-refractivity contribution in [3.05, 3.63) is 70.5 Å². The molecule has 1 aromatic heterocycles. The van der Waals surface area contributed by atoms with Crippen LogP contribution in [0.5, 0.6) is 5.75 Å². The van der Waals surface area contributed by atoms with Crippen LogP contribution in [-0.4, -0.2) is 34.2 Å². The Kier molecular flexibility index (Phi) is 6.20. The first kappa shape index (κ1) is 21.3. The van der Waals surface area contributed by atoms with Gasteiger partial charge in [0.25, 0.3) is 5.91 Å². The first-order valence-electron chi connectivity index (χ1n) is 9.64. The number of methoxy groups -OCH3 is 1. The lowest BCUT2D eigenvalue weighted by Crippen LogP contribution is -2.36. The fourth-order valence-corrected chi connectivity index (χ4v) is 4.43. The number of thioether (sulfide) groups is 1. The van der Waals surface area contributed by atoms with Crippen molar-refractivity contribution in [3.63, 3.8) is 0 Å². The van der Waals surface area contributed by atoms with Crippen molar-refractivity contribution in [2.75, 3.05) is 18.2 Å². The van der Waals surface area contributed by atoms with Crippen molar-refractivity contribution in [1.29, 1.82) is 0 Å². The smallest absolute Gasteiger partial charge is 0.251 e. The summed E-state index contributed by atoms with van der Waals surface area (Å²) in [5.74, 6) is 0.422. The normalized spacial score (nSPS) is 14.4. The van der Waals surface area contributed by atoms with E-state index in [4.69, 9.17) is 16.3 Å². The van der Waals surface area contributed by atoms with Gasteiger partial charge in [0.2, 0.25) is 5.91 Å². The van der Waals surface area contributed by atoms with E-state index in [9.17, 15) is 9.59 Å². The fourth-order valence-electron chi connectivity index (χ4n) is 3.46. The minimum atomic E-state index is -0.190. The van der Waals surface area contributed by atoms with Crippen molar-refractivity contribution in [2.24, 2.45) is 7.05 Å². The van der Waals surface area contributed by atoms with Crippen molar-refractivity contribution in [2.45, 2.75) is 17.6 Å². The Bertz CT molecular complexity index is 1130. The third kappa shape index (κ3) is 4.55. The zero-order valence-electron chi connectivity index (χ0n) is 17.0. The Labute approximate surface area is 189 Å². The molecule has 0 spiro atoms. The second kappa shape index (κ2) is 9.03. The Hall–Kier alpha value is -2.97. The first-order chi connectivity index (χ1) is 15.0. The molecule has 1 unspecified atom stereocenters. The van der Waals surface area contributed by atoms with Gasteiger partial charge in [0.1, 0.15) is 5.75 Å². The molecule has 9 heteroatoms. The minimum Gasteiger partial charge on any atom is -0.495 e. The summed E-state index contributed by atoms with van der Waals surface area (Å²) in [6.07, 6.45) is 0.675. The molecule has 0 aliphatic heterocycles. The molecule has 0 radical (unpaired) electrons. The maximum Gasteiger partial charge on any atom is 0.251 e. The summed E-state index contributed by atoms with van der Waals surface area (Å²) in [5.41, 5.74) is 3.07. The lowest BCUT2D eigenvalue weighted by atomic mass is 9.93. The van der Waals surface area contributed by atoms with Crippen LogP contribution in [0.1, 0.15) is 27.8 Å². The lowest BCUT2D eigenvalue weighted by Gasteiger charge is -2.27. The number of anilines is 1. The third-order valence-corrected chi connectivity index (χ3v) is 6.28. The minimum absolute atomic E-state index is 0.0842. The Balaban J connectivity index is 1.37. The van der Waals surface area contributed by atoms with Crippen LogP contribution < -0.4 is 15.4 Å². The summed E-state index contributed by atoms with van der Waals surface area (Å²) in [6.45, 7) is 0. The molecule has 2 aromatic carbocycles. The second-order valence-corrected chi connectivity index (χ2v) is 8.44. The maximum atomic E-state index is 12.4. The van der Waals surface area contributed by atoms with Gasteiger partial charge in [-0.1, -0.05) is 41.6 Å². The van der Waals surface area contributed by atoms with Crippen LogP contribution in [0.25, 0.3) is 0 Å². The molecule has 0 saturated carbocycles. The number of carbonyl (C=O) groups is 2. The number of aromatic nitrogens is 2. The predicted octanol–water partition coefficient (Wildman–Crippen LogP) is 3.84. The highest BCUT2D eigenvalue weighted by atomic mass is 35.5. The summed E-state index contributed by atoms with van der Waals surface area (Å²) in [6, 6.07) is 14.1. The average molecular weight is 457 g/mol. The van der Waals surface area contributed by atoms with Crippen LogP contribution >= 0.6 is 23.4 Å². The van der Waals surface area contributed by atoms with Gasteiger partial charge in [0.15, 0.2) is 5.16 Å². The van der Waals surface area contributed by atoms with Crippen molar-refractivity contribution in [1.82, 2.24) is 14.9 Å². The maximum absolute atomic E-state index is 12.4. The number of rotatable bonds is 7. The summed E-state index contributed by atoms with van der Waals surface area (Å²) < 4.78 is 7.19. The summed E-state index contributed by atoms with van der Waals surface area (Å²) in [5, 5.41) is 7.10. The van der Waals surface area contributed by atoms with Gasteiger partial charge in [-0.2, -0.15) is 0 Å². The molecule has 7 nitrogen and oxygen atoms in total. The molecule has 31 heavy (non-hydrogen) atoms. The number of nitrogens with one attached hydrogen (secondary N) is 2. The molecule has 1 heterocycles. The zero-order chi connectivity index (χ0) is 22.0. The van der Waals surface area contributed by atoms with E-state index in [1.54, 1.807) is 30.3 Å². The van der Waals surface area contributed by atoms with E-state index in [0.717, 1.165) is 16.5 Å². The molecule has 3 aromatic rings. The Morgan fingerprint density at radius 3 is 2.77 bits per heavy atom. The molecule has 0 bridgehead atoms. The second-order valence-electron chi connectivity index (χ2n) is 7.06. The highest BCUT2D eigenvalue weighted by Crippen LogP contribution is 2.36. The quantitative estimate of drug-likeness (QED) is 0.527. The molecular weight excluding hydrogens is 436 g/mol. The summed E-state index contributed by atoms with van der Waals surface area (Å²) >= 11 is 7.35. The Morgan fingerprint density at radius 2 is 2.03 bits per heavy atom. The first-order valence-corrected chi connectivity index (χ1v) is 11.0. The highest BCUT2D eigenvalue weighted by Gasteiger charge is 2.34. The van der Waals surface area contributed by atoms with E-state index in [0.29, 0.717) is 28.4 Å². The number of halogens is 1. The number of carbonyl (C=O) groups excluding carboxylic acids is 2. The fraction of sp³-hybridized carbons (Fsp3) is 0.227. The van der Waals surface area contributed by atoms with Gasteiger partial charge in [-0.25, -0.2) is 4.98 Å². The Morgan fingerprint density at radius 1 is 1.26 bits per heavy atom. The SMILES string of the molecule is COc1ccc(Cl)cc1NC(=O)CSc1nc2c(n1C)C(NC(=O)c1ccccc1)C2. The van der Waals surface area contributed by atoms with Crippen LogP contribution in [0.15, 0.2) is 53.7 Å². The van der Waals surface area contributed by atoms with Crippen molar-refractivity contribution < 1.29 is 14.3 Å². The van der Waals surface area contributed by atoms with Gasteiger partial charge in [-0.05, 0) is 30.3 Å². The molecular formula is C22H21ClN4O3S. The molecule has 4 rings (SSSR count). The molecule has 0 fully saturated rings.